The molecule has 1 unspecified atom stereocenters. The molecule has 0 bridgehead atoms. The Morgan fingerprint density at radius 1 is 1.41 bits per heavy atom. The van der Waals surface area contributed by atoms with Crippen LogP contribution in [0.25, 0.3) is 0 Å². The van der Waals surface area contributed by atoms with Crippen LogP contribution in [-0.4, -0.2) is 53.3 Å². The highest BCUT2D eigenvalue weighted by Crippen LogP contribution is 2.19. The normalized spacial score (nSPS) is 19.5. The highest BCUT2D eigenvalue weighted by Gasteiger charge is 2.23. The fraction of sp³-hybridized carbons (Fsp3) is 0.667. The number of hydrogen-bond donors (Lipinski definition) is 3. The monoisotopic (exact) mass is 239 g/mol. The van der Waals surface area contributed by atoms with Crippen molar-refractivity contribution < 1.29 is 5.11 Å². The first kappa shape index (κ1) is 11.8. The van der Waals surface area contributed by atoms with Gasteiger partial charge in [0.15, 0.2) is 0 Å². The molecule has 8 nitrogen and oxygen atoms in total. The van der Waals surface area contributed by atoms with Crippen molar-refractivity contribution in [1.82, 2.24) is 15.0 Å². The number of aromatic nitrogens is 3. The first-order chi connectivity index (χ1) is 8.10. The van der Waals surface area contributed by atoms with E-state index in [9.17, 15) is 5.11 Å². The molecule has 1 saturated heterocycles. The number of β-amino-alcohol motifs (C(OH)–C–C–N with tert-alkyl or cyclic N) is 1. The first-order valence-corrected chi connectivity index (χ1v) is 5.43. The average Bonchev–Trinajstić information content (AvgIpc) is 2.75. The van der Waals surface area contributed by atoms with Gasteiger partial charge in [-0.05, 0) is 6.42 Å². The fourth-order valence-corrected chi connectivity index (χ4v) is 1.68. The van der Waals surface area contributed by atoms with Crippen molar-refractivity contribution in [2.24, 2.45) is 5.84 Å². The van der Waals surface area contributed by atoms with Crippen molar-refractivity contribution in [3.05, 3.63) is 0 Å². The maximum atomic E-state index is 9.50. The minimum Gasteiger partial charge on any atom is -0.391 e. The fourth-order valence-electron chi connectivity index (χ4n) is 1.68. The SMILES string of the molecule is CN(C)c1nc(NN)nc(N2CCC(O)C2)n1. The number of rotatable bonds is 3. The van der Waals surface area contributed by atoms with Crippen LogP contribution in [0.5, 0.6) is 0 Å². The molecule has 0 spiro atoms. The van der Waals surface area contributed by atoms with Gasteiger partial charge in [-0.2, -0.15) is 15.0 Å². The van der Waals surface area contributed by atoms with Gasteiger partial charge in [0.25, 0.3) is 0 Å². The molecule has 8 heteroatoms. The molecule has 4 N–H and O–H groups in total. The molecule has 17 heavy (non-hydrogen) atoms. The third kappa shape index (κ3) is 2.53. The van der Waals surface area contributed by atoms with Crippen LogP contribution in [0.1, 0.15) is 6.42 Å². The maximum Gasteiger partial charge on any atom is 0.243 e. The largest absolute Gasteiger partial charge is 0.391 e. The number of aliphatic hydroxyl groups excluding tert-OH is 1. The topological polar surface area (TPSA) is 103 Å². The van der Waals surface area contributed by atoms with Gasteiger partial charge < -0.3 is 14.9 Å². The van der Waals surface area contributed by atoms with Crippen molar-refractivity contribution in [2.75, 3.05) is 42.4 Å². The van der Waals surface area contributed by atoms with Crippen LogP contribution in [0, 0.1) is 0 Å². The van der Waals surface area contributed by atoms with Crippen LogP contribution in [-0.2, 0) is 0 Å². The predicted molar refractivity (Wildman–Crippen MR) is 64.8 cm³/mol. The van der Waals surface area contributed by atoms with E-state index in [2.05, 4.69) is 20.4 Å². The van der Waals surface area contributed by atoms with Gasteiger partial charge in [-0.25, -0.2) is 5.84 Å². The maximum absolute atomic E-state index is 9.50. The molecular weight excluding hydrogens is 222 g/mol. The Labute approximate surface area is 99.4 Å². The average molecular weight is 239 g/mol. The van der Waals surface area contributed by atoms with E-state index in [4.69, 9.17) is 5.84 Å². The quantitative estimate of drug-likeness (QED) is 0.446. The van der Waals surface area contributed by atoms with Gasteiger partial charge in [0, 0.05) is 27.2 Å². The summed E-state index contributed by atoms with van der Waals surface area (Å²) in [7, 11) is 3.69. The minimum atomic E-state index is -0.316. The third-order valence-electron chi connectivity index (χ3n) is 2.59. The highest BCUT2D eigenvalue weighted by molar-refractivity contribution is 5.44. The molecule has 1 atom stereocenters. The second-order valence-electron chi connectivity index (χ2n) is 4.19. The summed E-state index contributed by atoms with van der Waals surface area (Å²) in [6, 6.07) is 0. The lowest BCUT2D eigenvalue weighted by Crippen LogP contribution is -2.26. The van der Waals surface area contributed by atoms with Gasteiger partial charge in [0.05, 0.1) is 6.10 Å². The third-order valence-corrected chi connectivity index (χ3v) is 2.59. The van der Waals surface area contributed by atoms with E-state index in [1.54, 1.807) is 4.90 Å². The Morgan fingerprint density at radius 2 is 2.18 bits per heavy atom. The van der Waals surface area contributed by atoms with Gasteiger partial charge >= 0.3 is 0 Å². The van der Waals surface area contributed by atoms with Gasteiger partial charge in [-0.15, -0.1) is 0 Å². The highest BCUT2D eigenvalue weighted by atomic mass is 16.3. The van der Waals surface area contributed by atoms with Crippen molar-refractivity contribution in [3.63, 3.8) is 0 Å². The molecule has 1 aliphatic rings. The molecule has 0 amide bonds. The molecule has 1 fully saturated rings. The van der Waals surface area contributed by atoms with E-state index in [1.807, 2.05) is 19.0 Å². The zero-order valence-corrected chi connectivity index (χ0v) is 9.96. The van der Waals surface area contributed by atoms with Gasteiger partial charge in [0.1, 0.15) is 0 Å². The van der Waals surface area contributed by atoms with E-state index in [-0.39, 0.29) is 6.10 Å². The minimum absolute atomic E-state index is 0.316. The summed E-state index contributed by atoms with van der Waals surface area (Å²) in [5.41, 5.74) is 2.42. The second kappa shape index (κ2) is 4.68. The van der Waals surface area contributed by atoms with Crippen LogP contribution < -0.4 is 21.1 Å². The van der Waals surface area contributed by atoms with Crippen molar-refractivity contribution in [2.45, 2.75) is 12.5 Å². The van der Waals surface area contributed by atoms with Crippen molar-refractivity contribution >= 4 is 17.8 Å². The van der Waals surface area contributed by atoms with E-state index < -0.39 is 0 Å². The molecule has 1 aromatic rings. The molecule has 0 saturated carbocycles. The Morgan fingerprint density at radius 3 is 2.71 bits per heavy atom. The number of nitrogen functional groups attached to an aromatic ring is 1. The molecule has 2 heterocycles. The smallest absolute Gasteiger partial charge is 0.243 e. The summed E-state index contributed by atoms with van der Waals surface area (Å²) < 4.78 is 0. The van der Waals surface area contributed by atoms with Crippen LogP contribution >= 0.6 is 0 Å². The lowest BCUT2D eigenvalue weighted by molar-refractivity contribution is 0.198. The lowest BCUT2D eigenvalue weighted by atomic mass is 10.3. The Balaban J connectivity index is 2.29. The zero-order valence-electron chi connectivity index (χ0n) is 9.96. The lowest BCUT2D eigenvalue weighted by Gasteiger charge is -2.18. The summed E-state index contributed by atoms with van der Waals surface area (Å²) in [4.78, 5) is 16.3. The number of hydrazine groups is 1. The van der Waals surface area contributed by atoms with Gasteiger partial charge in [-0.3, -0.25) is 5.43 Å². The van der Waals surface area contributed by atoms with Crippen LogP contribution in [0.2, 0.25) is 0 Å². The number of nitrogens with one attached hydrogen (secondary N) is 1. The first-order valence-electron chi connectivity index (χ1n) is 5.43. The summed E-state index contributed by atoms with van der Waals surface area (Å²) in [5.74, 6) is 6.71. The molecule has 1 aromatic heterocycles. The molecule has 2 rings (SSSR count). The van der Waals surface area contributed by atoms with Gasteiger partial charge in [-0.1, -0.05) is 0 Å². The van der Waals surface area contributed by atoms with Crippen LogP contribution in [0.4, 0.5) is 17.8 Å². The van der Waals surface area contributed by atoms with Crippen molar-refractivity contribution in [1.29, 1.82) is 0 Å². The standard InChI is InChI=1S/C9H17N7O/c1-15(2)8-11-7(14-10)12-9(13-8)16-4-3-6(17)5-16/h6,17H,3-5,10H2,1-2H3,(H,11,12,13,14). The molecular formula is C9H17N7O. The predicted octanol–water partition coefficient (Wildman–Crippen LogP) is -1.21. The van der Waals surface area contributed by atoms with E-state index in [0.29, 0.717) is 24.4 Å². The number of anilines is 3. The van der Waals surface area contributed by atoms with Crippen molar-refractivity contribution in [3.8, 4) is 0 Å². The number of hydrogen-bond acceptors (Lipinski definition) is 8. The molecule has 94 valence electrons. The van der Waals surface area contributed by atoms with E-state index >= 15 is 0 Å². The Bertz CT molecular complexity index is 397. The number of nitrogens with zero attached hydrogens (tertiary/aromatic N) is 5. The molecule has 1 aliphatic heterocycles. The van der Waals surface area contributed by atoms with Gasteiger partial charge in [0.2, 0.25) is 17.8 Å². The summed E-state index contributed by atoms with van der Waals surface area (Å²) in [6.07, 6.45) is 0.415. The van der Waals surface area contributed by atoms with Crippen LogP contribution in [0.15, 0.2) is 0 Å². The van der Waals surface area contributed by atoms with E-state index in [1.165, 1.54) is 0 Å². The summed E-state index contributed by atoms with van der Waals surface area (Å²) >= 11 is 0. The Kier molecular flexibility index (Phi) is 3.25. The van der Waals surface area contributed by atoms with Crippen LogP contribution in [0.3, 0.4) is 0 Å². The zero-order chi connectivity index (χ0) is 12.4. The second-order valence-corrected chi connectivity index (χ2v) is 4.19. The summed E-state index contributed by atoms with van der Waals surface area (Å²) in [6.45, 7) is 1.28. The Hall–Kier alpha value is -1.67. The molecule has 0 radical (unpaired) electrons. The molecule has 0 aliphatic carbocycles. The molecule has 0 aromatic carbocycles. The van der Waals surface area contributed by atoms with E-state index in [0.717, 1.165) is 13.0 Å². The summed E-state index contributed by atoms with van der Waals surface area (Å²) in [5, 5.41) is 9.50. The number of aliphatic hydroxyl groups is 1. The number of nitrogens with two attached hydrogens (primary N) is 1.